The highest BCUT2D eigenvalue weighted by molar-refractivity contribution is 5.85. The lowest BCUT2D eigenvalue weighted by atomic mass is 10.0. The van der Waals surface area contributed by atoms with Gasteiger partial charge in [0.2, 0.25) is 0 Å². The fraction of sp³-hybridized carbons (Fsp3) is 0.389. The van der Waals surface area contributed by atoms with Gasteiger partial charge in [-0.1, -0.05) is 17.3 Å². The molecule has 1 N–H and O–H groups in total. The number of hydrogen-bond acceptors (Lipinski definition) is 4. The maximum absolute atomic E-state index is 13.1. The summed E-state index contributed by atoms with van der Waals surface area (Å²) in [6, 6.07) is 6.28. The number of benzene rings is 1. The Morgan fingerprint density at radius 2 is 2.12 bits per heavy atom. The molecule has 0 saturated carbocycles. The van der Waals surface area contributed by atoms with Gasteiger partial charge in [0, 0.05) is 18.8 Å². The van der Waals surface area contributed by atoms with Crippen molar-refractivity contribution in [1.82, 2.24) is 9.55 Å². The normalized spacial score (nSPS) is 12.8. The van der Waals surface area contributed by atoms with E-state index in [1.807, 2.05) is 17.7 Å². The van der Waals surface area contributed by atoms with Gasteiger partial charge in [0.25, 0.3) is 0 Å². The van der Waals surface area contributed by atoms with Crippen LogP contribution in [0, 0.1) is 5.82 Å². The third kappa shape index (κ3) is 6.37. The number of halogens is 1. The number of carboxylic acids is 1. The van der Waals surface area contributed by atoms with E-state index in [0.717, 1.165) is 11.3 Å². The highest BCUT2D eigenvalue weighted by atomic mass is 19.1. The summed E-state index contributed by atoms with van der Waals surface area (Å²) in [5.41, 5.74) is 1.75. The molecule has 134 valence electrons. The summed E-state index contributed by atoms with van der Waals surface area (Å²) in [5, 5.41) is 12.8. The summed E-state index contributed by atoms with van der Waals surface area (Å²) in [4.78, 5) is 19.8. The minimum Gasteiger partial charge on any atom is -0.481 e. The smallest absolute Gasteiger partial charge is 0.303 e. The zero-order chi connectivity index (χ0) is 18.1. The Labute approximate surface area is 145 Å². The van der Waals surface area contributed by atoms with Gasteiger partial charge in [-0.3, -0.25) is 4.79 Å². The monoisotopic (exact) mass is 347 g/mol. The number of hydrogen-bond donors (Lipinski definition) is 1. The molecule has 25 heavy (non-hydrogen) atoms. The number of aromatic nitrogens is 2. The predicted octanol–water partition coefficient (Wildman–Crippen LogP) is 3.45. The summed E-state index contributed by atoms with van der Waals surface area (Å²) >= 11 is 0. The van der Waals surface area contributed by atoms with Crippen LogP contribution in [-0.2, 0) is 16.1 Å². The molecule has 2 aromatic rings. The SMILES string of the molecule is CC(=NOCCCCC(=O)O)C(Cc1ccc(F)cc1)n1ccnc1. The standard InChI is InChI=1S/C18H22FN3O3/c1-14(21-25-11-3-2-4-18(23)24)17(22-10-9-20-13-22)12-15-5-7-16(19)8-6-15/h5-10,13,17H,2-4,11-12H2,1H3,(H,23,24). The number of carboxylic acid groups (broad SMARTS) is 1. The van der Waals surface area contributed by atoms with Crippen molar-refractivity contribution in [3.05, 3.63) is 54.4 Å². The molecule has 0 spiro atoms. The summed E-state index contributed by atoms with van der Waals surface area (Å²) in [6.07, 6.45) is 7.21. The third-order valence-electron chi connectivity index (χ3n) is 3.79. The first-order valence-corrected chi connectivity index (χ1v) is 8.16. The zero-order valence-electron chi connectivity index (χ0n) is 14.1. The second-order valence-corrected chi connectivity index (χ2v) is 5.77. The number of carbonyl (C=O) groups is 1. The Balaban J connectivity index is 1.96. The molecule has 7 heteroatoms. The molecule has 0 radical (unpaired) electrons. The summed E-state index contributed by atoms with van der Waals surface area (Å²) in [5.74, 6) is -1.07. The second-order valence-electron chi connectivity index (χ2n) is 5.77. The van der Waals surface area contributed by atoms with Crippen LogP contribution in [0.3, 0.4) is 0 Å². The Kier molecular flexibility index (Phi) is 7.13. The quantitative estimate of drug-likeness (QED) is 0.406. The topological polar surface area (TPSA) is 76.7 Å². The average molecular weight is 347 g/mol. The van der Waals surface area contributed by atoms with Gasteiger partial charge in [-0.15, -0.1) is 0 Å². The molecule has 0 fully saturated rings. The van der Waals surface area contributed by atoms with Crippen LogP contribution in [0.25, 0.3) is 0 Å². The van der Waals surface area contributed by atoms with Crippen molar-refractivity contribution in [3.63, 3.8) is 0 Å². The van der Waals surface area contributed by atoms with Crippen LogP contribution in [0.2, 0.25) is 0 Å². The lowest BCUT2D eigenvalue weighted by Gasteiger charge is -2.18. The van der Waals surface area contributed by atoms with E-state index in [1.54, 1.807) is 24.7 Å². The van der Waals surface area contributed by atoms with Gasteiger partial charge in [0.15, 0.2) is 0 Å². The Morgan fingerprint density at radius 3 is 2.76 bits per heavy atom. The molecule has 1 heterocycles. The fourth-order valence-corrected chi connectivity index (χ4v) is 2.42. The van der Waals surface area contributed by atoms with Gasteiger partial charge in [0.05, 0.1) is 18.1 Å². The van der Waals surface area contributed by atoms with E-state index in [-0.39, 0.29) is 18.3 Å². The van der Waals surface area contributed by atoms with E-state index >= 15 is 0 Å². The van der Waals surface area contributed by atoms with Crippen LogP contribution >= 0.6 is 0 Å². The molecule has 0 aliphatic heterocycles. The minimum atomic E-state index is -0.806. The molecule has 0 aliphatic rings. The first kappa shape index (κ1) is 18.6. The average Bonchev–Trinajstić information content (AvgIpc) is 3.11. The van der Waals surface area contributed by atoms with Crippen LogP contribution in [0.4, 0.5) is 4.39 Å². The van der Waals surface area contributed by atoms with Crippen molar-refractivity contribution in [2.24, 2.45) is 5.16 Å². The van der Waals surface area contributed by atoms with Gasteiger partial charge in [0.1, 0.15) is 12.4 Å². The molecule has 1 aromatic carbocycles. The molecule has 0 saturated heterocycles. The van der Waals surface area contributed by atoms with Gasteiger partial charge >= 0.3 is 5.97 Å². The van der Waals surface area contributed by atoms with Crippen LogP contribution in [-0.4, -0.2) is 32.9 Å². The largest absolute Gasteiger partial charge is 0.481 e. The van der Waals surface area contributed by atoms with Crippen LogP contribution in [0.5, 0.6) is 0 Å². The first-order valence-electron chi connectivity index (χ1n) is 8.16. The zero-order valence-corrected chi connectivity index (χ0v) is 14.1. The molecular weight excluding hydrogens is 325 g/mol. The van der Waals surface area contributed by atoms with Gasteiger partial charge in [-0.05, 0) is 43.9 Å². The maximum atomic E-state index is 13.1. The van der Waals surface area contributed by atoms with Gasteiger partial charge < -0.3 is 14.5 Å². The predicted molar refractivity (Wildman–Crippen MR) is 91.9 cm³/mol. The Bertz CT molecular complexity index is 684. The van der Waals surface area contributed by atoms with E-state index in [1.165, 1.54) is 12.1 Å². The molecule has 1 aromatic heterocycles. The second kappa shape index (κ2) is 9.56. The van der Waals surface area contributed by atoms with Crippen molar-refractivity contribution < 1.29 is 19.1 Å². The van der Waals surface area contributed by atoms with E-state index in [0.29, 0.717) is 25.9 Å². The number of nitrogens with zero attached hydrogens (tertiary/aromatic N) is 3. The third-order valence-corrected chi connectivity index (χ3v) is 3.79. The van der Waals surface area contributed by atoms with Crippen LogP contribution < -0.4 is 0 Å². The van der Waals surface area contributed by atoms with Gasteiger partial charge in [-0.2, -0.15) is 0 Å². The molecule has 0 bridgehead atoms. The molecule has 1 unspecified atom stereocenters. The highest BCUT2D eigenvalue weighted by Gasteiger charge is 2.16. The van der Waals surface area contributed by atoms with Crippen molar-refractivity contribution in [1.29, 1.82) is 0 Å². The number of unbranched alkanes of at least 4 members (excludes halogenated alkanes) is 1. The molecule has 2 rings (SSSR count). The molecule has 0 aliphatic carbocycles. The summed E-state index contributed by atoms with van der Waals surface area (Å²) in [7, 11) is 0. The molecule has 1 atom stereocenters. The maximum Gasteiger partial charge on any atom is 0.303 e. The lowest BCUT2D eigenvalue weighted by Crippen LogP contribution is -2.19. The summed E-state index contributed by atoms with van der Waals surface area (Å²) < 4.78 is 15.0. The minimum absolute atomic E-state index is 0.0908. The number of rotatable bonds is 10. The van der Waals surface area contributed by atoms with Crippen LogP contribution in [0.1, 0.15) is 37.8 Å². The summed E-state index contributed by atoms with van der Waals surface area (Å²) in [6.45, 7) is 2.24. The molecule has 6 nitrogen and oxygen atoms in total. The first-order chi connectivity index (χ1) is 12.1. The molecule has 0 amide bonds. The molecular formula is C18H22FN3O3. The van der Waals surface area contributed by atoms with Crippen molar-refractivity contribution in [2.45, 2.75) is 38.6 Å². The van der Waals surface area contributed by atoms with Crippen LogP contribution in [0.15, 0.2) is 48.1 Å². The van der Waals surface area contributed by atoms with E-state index < -0.39 is 5.97 Å². The highest BCUT2D eigenvalue weighted by Crippen LogP contribution is 2.17. The number of oxime groups is 1. The van der Waals surface area contributed by atoms with Crippen molar-refractivity contribution >= 4 is 11.7 Å². The van der Waals surface area contributed by atoms with E-state index in [9.17, 15) is 9.18 Å². The lowest BCUT2D eigenvalue weighted by molar-refractivity contribution is -0.137. The number of imidazole rings is 1. The Morgan fingerprint density at radius 1 is 1.36 bits per heavy atom. The fourth-order valence-electron chi connectivity index (χ4n) is 2.42. The Hall–Kier alpha value is -2.70. The van der Waals surface area contributed by atoms with E-state index in [4.69, 9.17) is 9.94 Å². The van der Waals surface area contributed by atoms with E-state index in [2.05, 4.69) is 10.1 Å². The van der Waals surface area contributed by atoms with Gasteiger partial charge in [-0.25, -0.2) is 9.37 Å². The van der Waals surface area contributed by atoms with Crippen molar-refractivity contribution in [2.75, 3.05) is 6.61 Å². The number of aliphatic carboxylic acids is 1. The van der Waals surface area contributed by atoms with Crippen molar-refractivity contribution in [3.8, 4) is 0 Å².